The van der Waals surface area contributed by atoms with Crippen LogP contribution < -0.4 is 20.5 Å². The van der Waals surface area contributed by atoms with Crippen molar-refractivity contribution in [2.45, 2.75) is 25.9 Å². The van der Waals surface area contributed by atoms with Crippen LogP contribution in [-0.2, 0) is 11.3 Å². The van der Waals surface area contributed by atoms with Crippen LogP contribution in [0, 0.1) is 0 Å². The zero-order valence-corrected chi connectivity index (χ0v) is 15.7. The van der Waals surface area contributed by atoms with Crippen LogP contribution in [0.4, 0.5) is 0 Å². The van der Waals surface area contributed by atoms with E-state index >= 15 is 0 Å². The van der Waals surface area contributed by atoms with Crippen LogP contribution in [0.3, 0.4) is 0 Å². The zero-order valence-electron chi connectivity index (χ0n) is 15.7. The van der Waals surface area contributed by atoms with Crippen LogP contribution in [0.2, 0.25) is 0 Å². The van der Waals surface area contributed by atoms with E-state index in [-0.39, 0.29) is 5.54 Å². The topological polar surface area (TPSA) is 81.3 Å². The van der Waals surface area contributed by atoms with Crippen molar-refractivity contribution in [1.29, 1.82) is 0 Å². The first-order valence-electron chi connectivity index (χ1n) is 8.54. The summed E-state index contributed by atoms with van der Waals surface area (Å²) >= 11 is 0. The van der Waals surface area contributed by atoms with Crippen molar-refractivity contribution < 1.29 is 14.2 Å². The quantitative estimate of drug-likeness (QED) is 0.568. The monoisotopic (exact) mass is 350 g/mol. The molecule has 0 saturated carbocycles. The summed E-state index contributed by atoms with van der Waals surface area (Å²) in [6.45, 7) is 9.07. The predicted molar refractivity (Wildman–Crippen MR) is 99.3 cm³/mol. The van der Waals surface area contributed by atoms with E-state index in [1.807, 2.05) is 18.2 Å². The van der Waals surface area contributed by atoms with E-state index in [1.54, 1.807) is 14.2 Å². The Morgan fingerprint density at radius 3 is 2.56 bits per heavy atom. The molecule has 0 aromatic heterocycles. The van der Waals surface area contributed by atoms with E-state index in [0.717, 1.165) is 38.4 Å². The number of nitrogens with two attached hydrogens (primary N) is 1. The van der Waals surface area contributed by atoms with Crippen molar-refractivity contribution in [1.82, 2.24) is 10.2 Å². The number of methoxy groups -OCH3 is 2. The fourth-order valence-corrected chi connectivity index (χ4v) is 2.80. The number of rotatable bonds is 7. The fourth-order valence-electron chi connectivity index (χ4n) is 2.80. The van der Waals surface area contributed by atoms with Gasteiger partial charge in [-0.25, -0.2) is 4.99 Å². The second kappa shape index (κ2) is 8.92. The highest BCUT2D eigenvalue weighted by Crippen LogP contribution is 2.27. The lowest BCUT2D eigenvalue weighted by Crippen LogP contribution is -2.56. The molecule has 1 fully saturated rings. The molecule has 0 atom stereocenters. The summed E-state index contributed by atoms with van der Waals surface area (Å²) in [5, 5.41) is 3.23. The number of benzene rings is 1. The summed E-state index contributed by atoms with van der Waals surface area (Å²) in [7, 11) is 3.24. The number of hydrogen-bond donors (Lipinski definition) is 2. The van der Waals surface area contributed by atoms with Gasteiger partial charge in [-0.3, -0.25) is 4.90 Å². The van der Waals surface area contributed by atoms with Crippen LogP contribution in [0.5, 0.6) is 11.5 Å². The lowest BCUT2D eigenvalue weighted by atomic mass is 10.0. The Labute approximate surface area is 150 Å². The molecule has 1 saturated heterocycles. The molecule has 1 aromatic carbocycles. The van der Waals surface area contributed by atoms with Crippen molar-refractivity contribution in [2.24, 2.45) is 10.7 Å². The Morgan fingerprint density at radius 2 is 1.92 bits per heavy atom. The van der Waals surface area contributed by atoms with Gasteiger partial charge in [0.05, 0.1) is 34.0 Å². The number of nitrogens with one attached hydrogen (secondary N) is 1. The van der Waals surface area contributed by atoms with E-state index in [1.165, 1.54) is 0 Å². The van der Waals surface area contributed by atoms with E-state index in [2.05, 4.69) is 29.1 Å². The largest absolute Gasteiger partial charge is 0.493 e. The third-order valence-corrected chi connectivity index (χ3v) is 4.45. The minimum Gasteiger partial charge on any atom is -0.493 e. The van der Waals surface area contributed by atoms with Crippen LogP contribution >= 0.6 is 0 Å². The molecule has 1 aromatic rings. The Morgan fingerprint density at radius 1 is 1.24 bits per heavy atom. The molecular weight excluding hydrogens is 320 g/mol. The predicted octanol–water partition coefficient (Wildman–Crippen LogP) is 1.22. The molecule has 3 N–H and O–H groups in total. The van der Waals surface area contributed by atoms with Gasteiger partial charge < -0.3 is 25.3 Å². The molecule has 0 amide bonds. The summed E-state index contributed by atoms with van der Waals surface area (Å²) in [6.07, 6.45) is 0. The molecular formula is C18H30N4O3. The number of ether oxygens (including phenoxy) is 3. The normalized spacial score (nSPS) is 16.6. The van der Waals surface area contributed by atoms with Gasteiger partial charge in [0, 0.05) is 25.2 Å². The number of hydrogen-bond acceptors (Lipinski definition) is 5. The molecule has 0 spiro atoms. The molecule has 25 heavy (non-hydrogen) atoms. The highest BCUT2D eigenvalue weighted by molar-refractivity contribution is 5.77. The van der Waals surface area contributed by atoms with Crippen LogP contribution in [0.15, 0.2) is 23.2 Å². The van der Waals surface area contributed by atoms with Crippen molar-refractivity contribution in [3.8, 4) is 11.5 Å². The zero-order chi connectivity index (χ0) is 18.3. The molecule has 2 rings (SSSR count). The van der Waals surface area contributed by atoms with E-state index in [4.69, 9.17) is 19.9 Å². The molecule has 140 valence electrons. The van der Waals surface area contributed by atoms with E-state index in [0.29, 0.717) is 24.0 Å². The first kappa shape index (κ1) is 19.3. The van der Waals surface area contributed by atoms with Gasteiger partial charge in [-0.15, -0.1) is 0 Å². The Kier molecular flexibility index (Phi) is 6.90. The lowest BCUT2D eigenvalue weighted by molar-refractivity contribution is -0.00830. The number of morpholine rings is 1. The second-order valence-electron chi connectivity index (χ2n) is 6.66. The number of guanidine groups is 1. The van der Waals surface area contributed by atoms with Gasteiger partial charge >= 0.3 is 0 Å². The smallest absolute Gasteiger partial charge is 0.188 e. The first-order chi connectivity index (χ1) is 12.0. The minimum atomic E-state index is -0.00669. The summed E-state index contributed by atoms with van der Waals surface area (Å²) in [5.74, 6) is 1.83. The Bertz CT molecular complexity index is 584. The molecule has 0 bridgehead atoms. The van der Waals surface area contributed by atoms with Crippen molar-refractivity contribution >= 4 is 5.96 Å². The van der Waals surface area contributed by atoms with Crippen molar-refractivity contribution in [2.75, 3.05) is 47.1 Å². The van der Waals surface area contributed by atoms with Crippen molar-refractivity contribution in [3.05, 3.63) is 23.8 Å². The fraction of sp³-hybridized carbons (Fsp3) is 0.611. The van der Waals surface area contributed by atoms with Crippen LogP contribution in [0.1, 0.15) is 19.4 Å². The molecule has 1 heterocycles. The van der Waals surface area contributed by atoms with E-state index < -0.39 is 0 Å². The van der Waals surface area contributed by atoms with Gasteiger partial charge in [0.1, 0.15) is 0 Å². The maximum Gasteiger partial charge on any atom is 0.188 e. The molecule has 0 aliphatic carbocycles. The highest BCUT2D eigenvalue weighted by atomic mass is 16.5. The molecule has 1 aliphatic heterocycles. The number of nitrogens with zero attached hydrogens (tertiary/aromatic N) is 2. The van der Waals surface area contributed by atoms with Crippen molar-refractivity contribution in [3.63, 3.8) is 0 Å². The van der Waals surface area contributed by atoms with Gasteiger partial charge in [0.15, 0.2) is 17.5 Å². The van der Waals surface area contributed by atoms with E-state index in [9.17, 15) is 0 Å². The van der Waals surface area contributed by atoms with Gasteiger partial charge in [-0.1, -0.05) is 6.07 Å². The summed E-state index contributed by atoms with van der Waals surface area (Å²) in [4.78, 5) is 6.83. The van der Waals surface area contributed by atoms with Gasteiger partial charge in [-0.05, 0) is 31.5 Å². The number of aliphatic imine (C=N–C) groups is 1. The average molecular weight is 350 g/mol. The standard InChI is InChI=1S/C18H30N4O3/c1-18(2,22-7-9-25-10-8-22)13-21-17(19)20-12-14-5-6-15(23-3)16(11-14)24-4/h5-6,11H,7-10,12-13H2,1-4H3,(H3,19,20,21). The third kappa shape index (κ3) is 5.51. The molecule has 0 unspecified atom stereocenters. The molecule has 7 nitrogen and oxygen atoms in total. The minimum absolute atomic E-state index is 0.00669. The summed E-state index contributed by atoms with van der Waals surface area (Å²) in [5.41, 5.74) is 7.03. The maximum atomic E-state index is 6.02. The highest BCUT2D eigenvalue weighted by Gasteiger charge is 2.28. The summed E-state index contributed by atoms with van der Waals surface area (Å²) in [6, 6.07) is 5.73. The molecule has 0 radical (unpaired) electrons. The Balaban J connectivity index is 1.89. The van der Waals surface area contributed by atoms with Gasteiger partial charge in [0.2, 0.25) is 0 Å². The average Bonchev–Trinajstić information content (AvgIpc) is 2.65. The molecule has 7 heteroatoms. The first-order valence-corrected chi connectivity index (χ1v) is 8.54. The SMILES string of the molecule is COc1ccc(CN=C(N)NCC(C)(C)N2CCOCC2)cc1OC. The van der Waals surface area contributed by atoms with Gasteiger partial charge in [-0.2, -0.15) is 0 Å². The lowest BCUT2D eigenvalue weighted by Gasteiger charge is -2.40. The maximum absolute atomic E-state index is 6.02. The third-order valence-electron chi connectivity index (χ3n) is 4.45. The van der Waals surface area contributed by atoms with Crippen LogP contribution in [0.25, 0.3) is 0 Å². The summed E-state index contributed by atoms with van der Waals surface area (Å²) < 4.78 is 16.0. The molecule has 1 aliphatic rings. The van der Waals surface area contributed by atoms with Crippen LogP contribution in [-0.4, -0.2) is 63.5 Å². The second-order valence-corrected chi connectivity index (χ2v) is 6.66. The Hall–Kier alpha value is -1.99. The van der Waals surface area contributed by atoms with Gasteiger partial charge in [0.25, 0.3) is 0 Å².